The minimum absolute atomic E-state index is 0.0965. The molecule has 0 aliphatic carbocycles. The van der Waals surface area contributed by atoms with Gasteiger partial charge in [-0.25, -0.2) is 0 Å². The molecular weight excluding hydrogens is 394 g/mol. The first-order valence-electron chi connectivity index (χ1n) is 9.44. The summed E-state index contributed by atoms with van der Waals surface area (Å²) in [6, 6.07) is 11.7. The predicted molar refractivity (Wildman–Crippen MR) is 105 cm³/mol. The largest absolute Gasteiger partial charge is 0.507 e. The fourth-order valence-electron chi connectivity index (χ4n) is 3.11. The predicted octanol–water partition coefficient (Wildman–Crippen LogP) is -0.191. The molecule has 1 aliphatic heterocycles. The van der Waals surface area contributed by atoms with Crippen LogP contribution in [0.25, 0.3) is 0 Å². The van der Waals surface area contributed by atoms with Crippen molar-refractivity contribution in [2.45, 2.75) is 44.2 Å². The van der Waals surface area contributed by atoms with Crippen molar-refractivity contribution in [1.82, 2.24) is 5.32 Å². The van der Waals surface area contributed by atoms with Crippen molar-refractivity contribution in [3.05, 3.63) is 59.2 Å². The summed E-state index contributed by atoms with van der Waals surface area (Å²) in [5, 5.41) is 52.1. The molecule has 9 heteroatoms. The van der Waals surface area contributed by atoms with Crippen LogP contribution in [0.15, 0.2) is 42.5 Å². The van der Waals surface area contributed by atoms with Gasteiger partial charge in [0.15, 0.2) is 0 Å². The molecule has 1 amide bonds. The third-order valence-corrected chi connectivity index (χ3v) is 4.90. The lowest BCUT2D eigenvalue weighted by Gasteiger charge is -2.39. The topological polar surface area (TPSA) is 149 Å². The Hall–Kier alpha value is -2.69. The number of ether oxygens (including phenoxy) is 2. The molecule has 1 saturated heterocycles. The Kier molecular flexibility index (Phi) is 6.91. The summed E-state index contributed by atoms with van der Waals surface area (Å²) in [6.07, 6.45) is -7.45. The van der Waals surface area contributed by atoms with Crippen LogP contribution in [-0.4, -0.2) is 68.8 Å². The summed E-state index contributed by atoms with van der Waals surface area (Å²) in [7, 11) is 0. The zero-order valence-electron chi connectivity index (χ0n) is 16.3. The highest BCUT2D eigenvalue weighted by Gasteiger charge is 2.45. The van der Waals surface area contributed by atoms with Crippen molar-refractivity contribution >= 4 is 5.91 Å². The maximum Gasteiger partial charge on any atom is 0.259 e. The maximum atomic E-state index is 12.7. The second-order valence-corrected chi connectivity index (χ2v) is 7.13. The van der Waals surface area contributed by atoms with Crippen molar-refractivity contribution in [1.29, 1.82) is 0 Å². The number of aliphatic hydroxyl groups excluding tert-OH is 4. The SMILES string of the molecule is Cc1ccc(CNC(=O)c2c(O)cccc2O[C@@H]2O[C@H](CO)[C@@H](O)[C@H](O)[C@H]2O)cc1. The quantitative estimate of drug-likeness (QED) is 0.377. The summed E-state index contributed by atoms with van der Waals surface area (Å²) >= 11 is 0. The lowest BCUT2D eigenvalue weighted by molar-refractivity contribution is -0.277. The zero-order chi connectivity index (χ0) is 21.8. The van der Waals surface area contributed by atoms with Crippen molar-refractivity contribution < 1.29 is 39.8 Å². The van der Waals surface area contributed by atoms with Gasteiger partial charge >= 0.3 is 0 Å². The number of rotatable bonds is 6. The monoisotopic (exact) mass is 419 g/mol. The Balaban J connectivity index is 1.77. The summed E-state index contributed by atoms with van der Waals surface area (Å²) in [4.78, 5) is 12.7. The molecule has 1 aliphatic rings. The molecule has 0 saturated carbocycles. The summed E-state index contributed by atoms with van der Waals surface area (Å²) < 4.78 is 10.8. The molecule has 1 fully saturated rings. The summed E-state index contributed by atoms with van der Waals surface area (Å²) in [5.74, 6) is -1.06. The molecule has 0 aromatic heterocycles. The number of phenols is 1. The van der Waals surface area contributed by atoms with Crippen LogP contribution in [0.2, 0.25) is 0 Å². The minimum Gasteiger partial charge on any atom is -0.507 e. The fraction of sp³-hybridized carbons (Fsp3) is 0.381. The van der Waals surface area contributed by atoms with E-state index < -0.39 is 43.2 Å². The molecule has 0 radical (unpaired) electrons. The Morgan fingerprint density at radius 2 is 1.77 bits per heavy atom. The van der Waals surface area contributed by atoms with E-state index in [1.165, 1.54) is 18.2 Å². The summed E-state index contributed by atoms with van der Waals surface area (Å²) in [5.41, 5.74) is 1.77. The highest BCUT2D eigenvalue weighted by atomic mass is 16.7. The Morgan fingerprint density at radius 3 is 2.43 bits per heavy atom. The van der Waals surface area contributed by atoms with Crippen LogP contribution in [0.4, 0.5) is 0 Å². The second-order valence-electron chi connectivity index (χ2n) is 7.13. The number of aryl methyl sites for hydroxylation is 1. The molecule has 3 rings (SSSR count). The van der Waals surface area contributed by atoms with E-state index in [2.05, 4.69) is 5.32 Å². The average molecular weight is 419 g/mol. The van der Waals surface area contributed by atoms with Gasteiger partial charge in [0, 0.05) is 6.54 Å². The van der Waals surface area contributed by atoms with E-state index >= 15 is 0 Å². The Morgan fingerprint density at radius 1 is 1.07 bits per heavy atom. The van der Waals surface area contributed by atoms with Crippen LogP contribution in [0.3, 0.4) is 0 Å². The van der Waals surface area contributed by atoms with Gasteiger partial charge < -0.3 is 40.3 Å². The normalized spacial score (nSPS) is 26.2. The fourth-order valence-corrected chi connectivity index (χ4v) is 3.11. The molecule has 0 unspecified atom stereocenters. The first-order chi connectivity index (χ1) is 14.3. The van der Waals surface area contributed by atoms with Gasteiger partial charge in [0.05, 0.1) is 6.61 Å². The molecule has 0 bridgehead atoms. The molecule has 30 heavy (non-hydrogen) atoms. The molecule has 2 aromatic rings. The van der Waals surface area contributed by atoms with Crippen molar-refractivity contribution in [2.24, 2.45) is 0 Å². The van der Waals surface area contributed by atoms with Crippen LogP contribution >= 0.6 is 0 Å². The molecule has 162 valence electrons. The third kappa shape index (κ3) is 4.72. The molecule has 2 aromatic carbocycles. The first-order valence-corrected chi connectivity index (χ1v) is 9.44. The van der Waals surface area contributed by atoms with Crippen LogP contribution < -0.4 is 10.1 Å². The zero-order valence-corrected chi connectivity index (χ0v) is 16.3. The van der Waals surface area contributed by atoms with Gasteiger partial charge in [0.25, 0.3) is 5.91 Å². The van der Waals surface area contributed by atoms with Gasteiger partial charge in [-0.2, -0.15) is 0 Å². The standard InChI is InChI=1S/C21H25NO8/c1-11-5-7-12(8-6-11)9-22-20(28)16-13(24)3-2-4-14(16)29-21-19(27)18(26)17(25)15(10-23)30-21/h2-8,15,17-19,21,23-27H,9-10H2,1H3,(H,22,28)/t15-,17-,18+,19-,21-/m1/s1. The second kappa shape index (κ2) is 9.41. The van der Waals surface area contributed by atoms with Crippen LogP contribution in [-0.2, 0) is 11.3 Å². The minimum atomic E-state index is -1.64. The number of carbonyl (C=O) groups is 1. The van der Waals surface area contributed by atoms with Gasteiger partial charge in [-0.15, -0.1) is 0 Å². The number of aliphatic hydroxyl groups is 4. The lowest BCUT2D eigenvalue weighted by Crippen LogP contribution is -2.60. The molecule has 6 N–H and O–H groups in total. The van der Waals surface area contributed by atoms with E-state index in [1.54, 1.807) is 0 Å². The van der Waals surface area contributed by atoms with Gasteiger partial charge in [-0.05, 0) is 24.6 Å². The average Bonchev–Trinajstić information content (AvgIpc) is 2.73. The molecule has 1 heterocycles. The van der Waals surface area contributed by atoms with Crippen molar-refractivity contribution in [2.75, 3.05) is 6.61 Å². The Bertz CT molecular complexity index is 870. The number of carbonyl (C=O) groups excluding carboxylic acids is 1. The van der Waals surface area contributed by atoms with Crippen LogP contribution in [0.1, 0.15) is 21.5 Å². The molecule has 0 spiro atoms. The first kappa shape index (κ1) is 22.0. The van der Waals surface area contributed by atoms with E-state index in [4.69, 9.17) is 9.47 Å². The highest BCUT2D eigenvalue weighted by molar-refractivity contribution is 5.99. The van der Waals surface area contributed by atoms with Crippen molar-refractivity contribution in [3.63, 3.8) is 0 Å². The van der Waals surface area contributed by atoms with E-state index in [0.717, 1.165) is 11.1 Å². The van der Waals surface area contributed by atoms with Crippen LogP contribution in [0.5, 0.6) is 11.5 Å². The number of benzene rings is 2. The maximum absolute atomic E-state index is 12.7. The lowest BCUT2D eigenvalue weighted by atomic mass is 9.99. The summed E-state index contributed by atoms with van der Waals surface area (Å²) in [6.45, 7) is 1.55. The van der Waals surface area contributed by atoms with Gasteiger partial charge in [0.2, 0.25) is 6.29 Å². The number of hydrogen-bond acceptors (Lipinski definition) is 8. The third-order valence-electron chi connectivity index (χ3n) is 4.90. The Labute approximate surface area is 173 Å². The van der Waals surface area contributed by atoms with Crippen molar-refractivity contribution in [3.8, 4) is 11.5 Å². The van der Waals surface area contributed by atoms with E-state index in [1.807, 2.05) is 31.2 Å². The smallest absolute Gasteiger partial charge is 0.259 e. The number of aromatic hydroxyl groups is 1. The molecule has 5 atom stereocenters. The van der Waals surface area contributed by atoms with Gasteiger partial charge in [-0.1, -0.05) is 35.9 Å². The van der Waals surface area contributed by atoms with Gasteiger partial charge in [-0.3, -0.25) is 4.79 Å². The number of nitrogens with one attached hydrogen (secondary N) is 1. The van der Waals surface area contributed by atoms with Crippen LogP contribution in [0, 0.1) is 6.92 Å². The highest BCUT2D eigenvalue weighted by Crippen LogP contribution is 2.31. The number of phenolic OH excluding ortho intramolecular Hbond substituents is 1. The van der Waals surface area contributed by atoms with E-state index in [0.29, 0.717) is 0 Å². The van der Waals surface area contributed by atoms with E-state index in [-0.39, 0.29) is 23.6 Å². The molecular formula is C21H25NO8. The molecule has 9 nitrogen and oxygen atoms in total. The number of amides is 1. The number of hydrogen-bond donors (Lipinski definition) is 6. The van der Waals surface area contributed by atoms with E-state index in [9.17, 15) is 30.3 Å². The van der Waals surface area contributed by atoms with Gasteiger partial charge in [0.1, 0.15) is 41.5 Å².